The van der Waals surface area contributed by atoms with Gasteiger partial charge in [-0.1, -0.05) is 17.8 Å². The maximum atomic E-state index is 13.6. The average Bonchev–Trinajstić information content (AvgIpc) is 3.45. The van der Waals surface area contributed by atoms with E-state index in [1.807, 2.05) is 12.3 Å². The standard InChI is InChI=1S/C23H24N6O5S/c1-3-33-18(30)13-29-23(32)34-20(26-29)14-6-4-7-15(10-14)28-12-16-8-5-9-27(16)19-17(21(28)31)11-24-22(25-19)35-2/h4,6-7,10-11,16H,3,5,8-9,12-13H2,1-2H3/t16-/m0/s1. The van der Waals surface area contributed by atoms with Crippen LogP contribution in [0, 0.1) is 0 Å². The van der Waals surface area contributed by atoms with Gasteiger partial charge in [0.2, 0.25) is 5.89 Å². The molecule has 0 spiro atoms. The highest BCUT2D eigenvalue weighted by molar-refractivity contribution is 7.98. The molecule has 1 saturated heterocycles. The third-order valence-electron chi connectivity index (χ3n) is 6.04. The molecule has 5 rings (SSSR count). The Bertz CT molecular complexity index is 1340. The third-order valence-corrected chi connectivity index (χ3v) is 6.60. The number of hydrogen-bond acceptors (Lipinski definition) is 10. The molecule has 0 N–H and O–H groups in total. The summed E-state index contributed by atoms with van der Waals surface area (Å²) in [4.78, 5) is 50.5. The molecule has 1 atom stereocenters. The van der Waals surface area contributed by atoms with E-state index in [0.717, 1.165) is 24.1 Å². The van der Waals surface area contributed by atoms with Crippen LogP contribution in [0.4, 0.5) is 11.5 Å². The van der Waals surface area contributed by atoms with Gasteiger partial charge in [0, 0.05) is 36.6 Å². The van der Waals surface area contributed by atoms with Crippen molar-refractivity contribution < 1.29 is 18.7 Å². The normalized spacial score (nSPS) is 17.2. The van der Waals surface area contributed by atoms with Crippen LogP contribution in [0.3, 0.4) is 0 Å². The highest BCUT2D eigenvalue weighted by Gasteiger charge is 2.37. The first-order valence-corrected chi connectivity index (χ1v) is 12.5. The molecule has 0 unspecified atom stereocenters. The van der Waals surface area contributed by atoms with Crippen LogP contribution in [-0.4, -0.2) is 63.6 Å². The van der Waals surface area contributed by atoms with E-state index in [4.69, 9.17) is 9.15 Å². The minimum atomic E-state index is -0.762. The molecule has 0 radical (unpaired) electrons. The van der Waals surface area contributed by atoms with E-state index >= 15 is 0 Å². The monoisotopic (exact) mass is 496 g/mol. The zero-order valence-electron chi connectivity index (χ0n) is 19.3. The smallest absolute Gasteiger partial charge is 0.437 e. The summed E-state index contributed by atoms with van der Waals surface area (Å²) in [6.45, 7) is 2.88. The van der Waals surface area contributed by atoms with Crippen molar-refractivity contribution in [1.29, 1.82) is 0 Å². The van der Waals surface area contributed by atoms with E-state index < -0.39 is 11.7 Å². The lowest BCUT2D eigenvalue weighted by Gasteiger charge is -2.27. The van der Waals surface area contributed by atoms with Gasteiger partial charge in [-0.3, -0.25) is 9.59 Å². The molecule has 2 aromatic heterocycles. The molecule has 4 heterocycles. The summed E-state index contributed by atoms with van der Waals surface area (Å²) < 4.78 is 11.1. The summed E-state index contributed by atoms with van der Waals surface area (Å²) in [5, 5.41) is 4.77. The largest absolute Gasteiger partial charge is 0.465 e. The number of carbonyl (C=O) groups is 2. The zero-order chi connectivity index (χ0) is 24.5. The molecule has 2 aliphatic heterocycles. The first-order chi connectivity index (χ1) is 17.0. The van der Waals surface area contributed by atoms with Gasteiger partial charge in [-0.05, 0) is 44.2 Å². The van der Waals surface area contributed by atoms with Crippen molar-refractivity contribution in [1.82, 2.24) is 19.7 Å². The summed E-state index contributed by atoms with van der Waals surface area (Å²) in [6.07, 6.45) is 5.48. The molecule has 2 aliphatic rings. The number of hydrogen-bond donors (Lipinski definition) is 0. The second kappa shape index (κ2) is 9.53. The molecule has 0 saturated carbocycles. The van der Waals surface area contributed by atoms with Gasteiger partial charge in [-0.2, -0.15) is 4.68 Å². The molecule has 3 aromatic rings. The van der Waals surface area contributed by atoms with E-state index in [1.165, 1.54) is 11.8 Å². The van der Waals surface area contributed by atoms with Gasteiger partial charge in [0.1, 0.15) is 17.9 Å². The SMILES string of the molecule is CCOC(=O)Cn1nc(-c2cccc(N3C[C@@H]4CCCN4c4nc(SC)ncc4C3=O)c2)oc1=O. The van der Waals surface area contributed by atoms with Crippen molar-refractivity contribution in [3.8, 4) is 11.5 Å². The lowest BCUT2D eigenvalue weighted by molar-refractivity contribution is -0.144. The molecule has 11 nitrogen and oxygen atoms in total. The van der Waals surface area contributed by atoms with Crippen LogP contribution in [0.1, 0.15) is 30.1 Å². The topological polar surface area (TPSA) is 124 Å². The highest BCUT2D eigenvalue weighted by Crippen LogP contribution is 2.35. The number of amides is 1. The number of thioether (sulfide) groups is 1. The van der Waals surface area contributed by atoms with E-state index in [2.05, 4.69) is 20.0 Å². The fourth-order valence-corrected chi connectivity index (χ4v) is 4.79. The predicted octanol–water partition coefficient (Wildman–Crippen LogP) is 2.21. The summed E-state index contributed by atoms with van der Waals surface area (Å²) >= 11 is 1.44. The highest BCUT2D eigenvalue weighted by atomic mass is 32.2. The van der Waals surface area contributed by atoms with Crippen molar-refractivity contribution in [3.63, 3.8) is 0 Å². The Kier molecular flexibility index (Phi) is 6.29. The van der Waals surface area contributed by atoms with Gasteiger partial charge >= 0.3 is 11.7 Å². The summed E-state index contributed by atoms with van der Waals surface area (Å²) in [6, 6.07) is 7.22. The number of benzene rings is 1. The molecular weight excluding hydrogens is 472 g/mol. The number of ether oxygens (including phenoxy) is 1. The van der Waals surface area contributed by atoms with Crippen molar-refractivity contribution in [3.05, 3.63) is 46.6 Å². The zero-order valence-corrected chi connectivity index (χ0v) is 20.2. The second-order valence-corrected chi connectivity index (χ2v) is 8.96. The molecule has 0 aliphatic carbocycles. The maximum Gasteiger partial charge on any atom is 0.437 e. The van der Waals surface area contributed by atoms with Crippen LogP contribution in [0.25, 0.3) is 11.5 Å². The summed E-state index contributed by atoms with van der Waals surface area (Å²) in [5.41, 5.74) is 1.61. The summed E-state index contributed by atoms with van der Waals surface area (Å²) in [7, 11) is 0. The van der Waals surface area contributed by atoms with E-state index in [1.54, 1.807) is 36.2 Å². The van der Waals surface area contributed by atoms with Crippen molar-refractivity contribution in [2.24, 2.45) is 0 Å². The van der Waals surface area contributed by atoms with E-state index in [0.29, 0.717) is 34.3 Å². The number of rotatable bonds is 6. The number of fused-ring (bicyclic) bond motifs is 3. The van der Waals surface area contributed by atoms with Crippen molar-refractivity contribution in [2.45, 2.75) is 37.5 Å². The quantitative estimate of drug-likeness (QED) is 0.285. The Labute approximate surface area is 205 Å². The van der Waals surface area contributed by atoms with Gasteiger partial charge in [0.15, 0.2) is 5.16 Å². The van der Waals surface area contributed by atoms with Gasteiger partial charge in [0.05, 0.1) is 6.61 Å². The number of anilines is 2. The van der Waals surface area contributed by atoms with E-state index in [-0.39, 0.29) is 31.0 Å². The third kappa shape index (κ3) is 4.41. The Balaban J connectivity index is 1.49. The lowest BCUT2D eigenvalue weighted by atomic mass is 10.1. The van der Waals surface area contributed by atoms with Crippen molar-refractivity contribution >= 4 is 35.1 Å². The minimum Gasteiger partial charge on any atom is -0.465 e. The summed E-state index contributed by atoms with van der Waals surface area (Å²) in [5.74, 6) is -0.793. The molecule has 182 valence electrons. The van der Waals surface area contributed by atoms with Crippen LogP contribution in [0.2, 0.25) is 0 Å². The number of aromatic nitrogens is 4. The molecule has 1 amide bonds. The number of esters is 1. The molecular formula is C23H24N6O5S. The minimum absolute atomic E-state index is 0.0549. The molecule has 1 aromatic carbocycles. The Morgan fingerprint density at radius 3 is 2.97 bits per heavy atom. The molecule has 35 heavy (non-hydrogen) atoms. The van der Waals surface area contributed by atoms with Gasteiger partial charge in [-0.25, -0.2) is 14.8 Å². The first kappa shape index (κ1) is 23.1. The van der Waals surface area contributed by atoms with Gasteiger partial charge < -0.3 is 19.0 Å². The lowest BCUT2D eigenvalue weighted by Crippen LogP contribution is -2.39. The number of nitrogens with zero attached hydrogens (tertiary/aromatic N) is 6. The van der Waals surface area contributed by atoms with Crippen LogP contribution in [0.15, 0.2) is 44.8 Å². The predicted molar refractivity (Wildman–Crippen MR) is 129 cm³/mol. The van der Waals surface area contributed by atoms with Crippen LogP contribution in [-0.2, 0) is 16.1 Å². The Morgan fingerprint density at radius 1 is 1.31 bits per heavy atom. The van der Waals surface area contributed by atoms with Crippen molar-refractivity contribution in [2.75, 3.05) is 35.8 Å². The van der Waals surface area contributed by atoms with Crippen LogP contribution in [0.5, 0.6) is 0 Å². The second-order valence-electron chi connectivity index (χ2n) is 8.19. The molecule has 12 heteroatoms. The fourth-order valence-electron chi connectivity index (χ4n) is 4.45. The Morgan fingerprint density at radius 2 is 2.17 bits per heavy atom. The Hall–Kier alpha value is -3.67. The van der Waals surface area contributed by atoms with Gasteiger partial charge in [-0.15, -0.1) is 5.10 Å². The average molecular weight is 497 g/mol. The first-order valence-electron chi connectivity index (χ1n) is 11.3. The fraction of sp³-hybridized carbons (Fsp3) is 0.391. The number of carbonyl (C=O) groups excluding carboxylic acids is 2. The van der Waals surface area contributed by atoms with E-state index in [9.17, 15) is 14.4 Å². The van der Waals surface area contributed by atoms with Crippen LogP contribution >= 0.6 is 11.8 Å². The van der Waals surface area contributed by atoms with Gasteiger partial charge in [0.25, 0.3) is 5.91 Å². The molecule has 1 fully saturated rings. The van der Waals surface area contributed by atoms with Crippen LogP contribution < -0.4 is 15.6 Å². The maximum absolute atomic E-state index is 13.6. The molecule has 0 bridgehead atoms.